The summed E-state index contributed by atoms with van der Waals surface area (Å²) in [5.41, 5.74) is 0.877. The van der Waals surface area contributed by atoms with Crippen molar-refractivity contribution < 1.29 is 8.42 Å². The van der Waals surface area contributed by atoms with Gasteiger partial charge in [-0.15, -0.1) is 0 Å². The Kier molecular flexibility index (Phi) is 4.90. The van der Waals surface area contributed by atoms with Crippen LogP contribution >= 0.6 is 0 Å². The number of hydrogen-bond acceptors (Lipinski definition) is 4. The van der Waals surface area contributed by atoms with Crippen molar-refractivity contribution in [3.63, 3.8) is 0 Å². The highest BCUT2D eigenvalue weighted by molar-refractivity contribution is 7.89. The molecule has 2 rings (SSSR count). The average Bonchev–Trinajstić information content (AvgIpc) is 2.39. The zero-order valence-corrected chi connectivity index (χ0v) is 12.0. The molecule has 1 aliphatic rings. The summed E-state index contributed by atoms with van der Waals surface area (Å²) in [5, 5.41) is 3.26. The number of hydrogen-bond donors (Lipinski definition) is 2. The maximum atomic E-state index is 12.1. The van der Waals surface area contributed by atoms with Gasteiger partial charge in [0.1, 0.15) is 0 Å². The van der Waals surface area contributed by atoms with Crippen LogP contribution in [0.5, 0.6) is 0 Å². The Morgan fingerprint density at radius 2 is 2.37 bits per heavy atom. The van der Waals surface area contributed by atoms with Gasteiger partial charge in [-0.25, -0.2) is 13.1 Å². The van der Waals surface area contributed by atoms with E-state index in [9.17, 15) is 8.42 Å². The quantitative estimate of drug-likeness (QED) is 0.852. The van der Waals surface area contributed by atoms with Crippen LogP contribution in [0.4, 0.5) is 0 Å². The molecule has 5 nitrogen and oxygen atoms in total. The van der Waals surface area contributed by atoms with E-state index in [1.807, 2.05) is 19.1 Å². The van der Waals surface area contributed by atoms with Gasteiger partial charge in [-0.05, 0) is 37.9 Å². The van der Waals surface area contributed by atoms with Gasteiger partial charge in [0, 0.05) is 24.5 Å². The fourth-order valence-electron chi connectivity index (χ4n) is 2.35. The van der Waals surface area contributed by atoms with Crippen molar-refractivity contribution in [1.29, 1.82) is 0 Å². The Labute approximate surface area is 114 Å². The lowest BCUT2D eigenvalue weighted by Gasteiger charge is -2.24. The topological polar surface area (TPSA) is 71.1 Å². The van der Waals surface area contributed by atoms with Crippen molar-refractivity contribution in [2.45, 2.75) is 38.3 Å². The van der Waals surface area contributed by atoms with Crippen LogP contribution in [0.2, 0.25) is 0 Å². The zero-order chi connectivity index (χ0) is 13.7. The third-order valence-electron chi connectivity index (χ3n) is 3.37. The monoisotopic (exact) mass is 283 g/mol. The molecule has 0 radical (unpaired) electrons. The molecule has 19 heavy (non-hydrogen) atoms. The number of aromatic nitrogens is 1. The first-order chi connectivity index (χ1) is 9.07. The van der Waals surface area contributed by atoms with Gasteiger partial charge < -0.3 is 5.32 Å². The highest BCUT2D eigenvalue weighted by Gasteiger charge is 2.22. The van der Waals surface area contributed by atoms with Crippen molar-refractivity contribution in [2.75, 3.05) is 12.3 Å². The van der Waals surface area contributed by atoms with Gasteiger partial charge in [0.15, 0.2) is 0 Å². The van der Waals surface area contributed by atoms with Crippen molar-refractivity contribution in [1.82, 2.24) is 15.0 Å². The first-order valence-electron chi connectivity index (χ1n) is 6.70. The van der Waals surface area contributed by atoms with E-state index in [0.717, 1.165) is 31.4 Å². The zero-order valence-electron chi connectivity index (χ0n) is 11.2. The van der Waals surface area contributed by atoms with E-state index in [1.54, 1.807) is 12.4 Å². The van der Waals surface area contributed by atoms with Crippen molar-refractivity contribution in [3.8, 4) is 0 Å². The predicted molar refractivity (Wildman–Crippen MR) is 75.2 cm³/mol. The summed E-state index contributed by atoms with van der Waals surface area (Å²) in [6, 6.07) is 3.51. The van der Waals surface area contributed by atoms with Gasteiger partial charge in [-0.1, -0.05) is 12.5 Å². The molecule has 0 saturated carbocycles. The third-order valence-corrected chi connectivity index (χ3v) is 4.93. The fourth-order valence-corrected chi connectivity index (χ4v) is 3.93. The molecule has 0 aromatic carbocycles. The predicted octanol–water partition coefficient (Wildman–Crippen LogP) is 1.20. The summed E-state index contributed by atoms with van der Waals surface area (Å²) in [5.74, 6) is 0.150. The van der Waals surface area contributed by atoms with Gasteiger partial charge >= 0.3 is 0 Å². The molecule has 2 heterocycles. The molecular weight excluding hydrogens is 262 g/mol. The molecule has 2 atom stereocenters. The molecule has 0 spiro atoms. The molecule has 0 bridgehead atoms. The number of rotatable bonds is 5. The largest absolute Gasteiger partial charge is 0.313 e. The molecule has 6 heteroatoms. The van der Waals surface area contributed by atoms with Crippen LogP contribution in [-0.4, -0.2) is 31.7 Å². The molecule has 2 unspecified atom stereocenters. The Balaban J connectivity index is 1.93. The molecule has 106 valence electrons. The average molecular weight is 283 g/mol. The number of pyridine rings is 1. The van der Waals surface area contributed by atoms with Crippen LogP contribution in [0, 0.1) is 0 Å². The summed E-state index contributed by atoms with van der Waals surface area (Å²) in [7, 11) is -3.27. The Bertz CT molecular complexity index is 484. The number of nitrogens with one attached hydrogen (secondary N) is 2. The van der Waals surface area contributed by atoms with E-state index in [4.69, 9.17) is 0 Å². The van der Waals surface area contributed by atoms with Crippen molar-refractivity contribution in [3.05, 3.63) is 30.1 Å². The summed E-state index contributed by atoms with van der Waals surface area (Å²) in [6.07, 6.45) is 6.53. The Morgan fingerprint density at radius 3 is 3.00 bits per heavy atom. The standard InChI is InChI=1S/C13H21N3O2S/c1-11(12-5-4-7-14-9-12)16-19(17,18)10-13-6-2-3-8-15-13/h4-5,7,9,11,13,15-16H,2-3,6,8,10H2,1H3. The van der Waals surface area contributed by atoms with Crippen LogP contribution in [0.15, 0.2) is 24.5 Å². The molecule has 0 aliphatic carbocycles. The molecule has 1 fully saturated rings. The summed E-state index contributed by atoms with van der Waals surface area (Å²) < 4.78 is 26.9. The van der Waals surface area contributed by atoms with Crippen LogP contribution in [0.25, 0.3) is 0 Å². The summed E-state index contributed by atoms with van der Waals surface area (Å²) in [6.45, 7) is 2.75. The van der Waals surface area contributed by atoms with Crippen molar-refractivity contribution >= 4 is 10.0 Å². The second-order valence-corrected chi connectivity index (χ2v) is 6.85. The van der Waals surface area contributed by atoms with E-state index < -0.39 is 10.0 Å². The summed E-state index contributed by atoms with van der Waals surface area (Å²) >= 11 is 0. The highest BCUT2D eigenvalue weighted by atomic mass is 32.2. The minimum atomic E-state index is -3.27. The van der Waals surface area contributed by atoms with E-state index in [2.05, 4.69) is 15.0 Å². The molecule has 2 N–H and O–H groups in total. The van der Waals surface area contributed by atoms with Crippen molar-refractivity contribution in [2.24, 2.45) is 0 Å². The maximum absolute atomic E-state index is 12.1. The lowest BCUT2D eigenvalue weighted by Crippen LogP contribution is -2.43. The SMILES string of the molecule is CC(NS(=O)(=O)CC1CCCCN1)c1cccnc1. The normalized spacial score (nSPS) is 22.1. The molecule has 0 amide bonds. The van der Waals surface area contributed by atoms with Gasteiger partial charge in [-0.2, -0.15) is 0 Å². The number of piperidine rings is 1. The van der Waals surface area contributed by atoms with E-state index >= 15 is 0 Å². The van der Waals surface area contributed by atoms with Gasteiger partial charge in [0.05, 0.1) is 5.75 Å². The second-order valence-electron chi connectivity index (χ2n) is 5.05. The van der Waals surface area contributed by atoms with Crippen LogP contribution in [-0.2, 0) is 10.0 Å². The lowest BCUT2D eigenvalue weighted by molar-refractivity contribution is 0.421. The fraction of sp³-hybridized carbons (Fsp3) is 0.615. The lowest BCUT2D eigenvalue weighted by atomic mass is 10.1. The molecule has 1 saturated heterocycles. The Hall–Kier alpha value is -0.980. The molecule has 1 aliphatic heterocycles. The first-order valence-corrected chi connectivity index (χ1v) is 8.35. The van der Waals surface area contributed by atoms with E-state index in [1.165, 1.54) is 0 Å². The highest BCUT2D eigenvalue weighted by Crippen LogP contribution is 2.13. The van der Waals surface area contributed by atoms with E-state index in [-0.39, 0.29) is 17.8 Å². The first kappa shape index (κ1) is 14.4. The summed E-state index contributed by atoms with van der Waals surface area (Å²) in [4.78, 5) is 4.00. The van der Waals surface area contributed by atoms with Crippen LogP contribution in [0.1, 0.15) is 37.8 Å². The smallest absolute Gasteiger partial charge is 0.213 e. The minimum Gasteiger partial charge on any atom is -0.313 e. The molecule has 1 aromatic rings. The second kappa shape index (κ2) is 6.45. The third kappa shape index (κ3) is 4.56. The van der Waals surface area contributed by atoms with E-state index in [0.29, 0.717) is 0 Å². The van der Waals surface area contributed by atoms with Crippen LogP contribution < -0.4 is 10.0 Å². The molecular formula is C13H21N3O2S. The van der Waals surface area contributed by atoms with Crippen LogP contribution in [0.3, 0.4) is 0 Å². The Morgan fingerprint density at radius 1 is 1.53 bits per heavy atom. The van der Waals surface area contributed by atoms with Gasteiger partial charge in [-0.3, -0.25) is 4.98 Å². The van der Waals surface area contributed by atoms with Gasteiger partial charge in [0.2, 0.25) is 10.0 Å². The minimum absolute atomic E-state index is 0.0762. The van der Waals surface area contributed by atoms with Gasteiger partial charge in [0.25, 0.3) is 0 Å². The molecule has 1 aromatic heterocycles. The number of sulfonamides is 1. The number of nitrogens with zero attached hydrogens (tertiary/aromatic N) is 1. The maximum Gasteiger partial charge on any atom is 0.213 e.